The predicted octanol–water partition coefficient (Wildman–Crippen LogP) is 3.80. The van der Waals surface area contributed by atoms with Crippen molar-refractivity contribution < 1.29 is 9.84 Å². The number of ether oxygens (including phenoxy) is 1. The van der Waals surface area contributed by atoms with E-state index in [9.17, 15) is 5.11 Å². The lowest BCUT2D eigenvalue weighted by molar-refractivity contribution is 0.0574. The maximum absolute atomic E-state index is 10.6. The fourth-order valence-electron chi connectivity index (χ4n) is 2.06. The van der Waals surface area contributed by atoms with Gasteiger partial charge in [-0.25, -0.2) is 0 Å². The summed E-state index contributed by atoms with van der Waals surface area (Å²) < 4.78 is 5.19. The van der Waals surface area contributed by atoms with Crippen LogP contribution in [0.25, 0.3) is 0 Å². The molecule has 0 saturated heterocycles. The van der Waals surface area contributed by atoms with E-state index in [0.717, 1.165) is 16.9 Å². The zero-order chi connectivity index (χ0) is 13.9. The molecule has 2 rings (SSSR count). The average Bonchev–Trinajstić information content (AvgIpc) is 2.41. The largest absolute Gasteiger partial charge is 0.497 e. The van der Waals surface area contributed by atoms with Crippen LogP contribution in [0, 0.1) is 0 Å². The van der Waals surface area contributed by atoms with Crippen molar-refractivity contribution in [3.63, 3.8) is 0 Å². The zero-order valence-corrected chi connectivity index (χ0v) is 11.8. The Morgan fingerprint density at radius 1 is 1.16 bits per heavy atom. The van der Waals surface area contributed by atoms with Crippen molar-refractivity contribution in [2.45, 2.75) is 18.9 Å². The molecule has 1 atom stereocenters. The molecule has 2 aromatic carbocycles. The highest BCUT2D eigenvalue weighted by Crippen LogP contribution is 2.28. The van der Waals surface area contributed by atoms with Crippen LogP contribution in [0.15, 0.2) is 48.5 Å². The van der Waals surface area contributed by atoms with Gasteiger partial charge in [-0.2, -0.15) is 0 Å². The van der Waals surface area contributed by atoms with Crippen molar-refractivity contribution in [1.82, 2.24) is 0 Å². The molecule has 19 heavy (non-hydrogen) atoms. The number of halogens is 1. The summed E-state index contributed by atoms with van der Waals surface area (Å²) in [6.45, 7) is 1.80. The monoisotopic (exact) mass is 276 g/mol. The van der Waals surface area contributed by atoms with E-state index in [4.69, 9.17) is 16.3 Å². The Hall–Kier alpha value is -1.51. The van der Waals surface area contributed by atoms with E-state index in [1.54, 1.807) is 14.0 Å². The maximum atomic E-state index is 10.6. The van der Waals surface area contributed by atoms with Gasteiger partial charge >= 0.3 is 0 Å². The van der Waals surface area contributed by atoms with Crippen LogP contribution in [0.1, 0.15) is 18.1 Å². The molecule has 0 aromatic heterocycles. The summed E-state index contributed by atoms with van der Waals surface area (Å²) in [5.41, 5.74) is 0.932. The molecule has 1 unspecified atom stereocenters. The number of rotatable bonds is 4. The van der Waals surface area contributed by atoms with Gasteiger partial charge in [0.25, 0.3) is 0 Å². The Kier molecular flexibility index (Phi) is 4.13. The van der Waals surface area contributed by atoms with Crippen LogP contribution in [0.5, 0.6) is 5.75 Å². The Morgan fingerprint density at radius 3 is 2.47 bits per heavy atom. The summed E-state index contributed by atoms with van der Waals surface area (Å²) in [4.78, 5) is 0. The molecule has 0 aliphatic heterocycles. The van der Waals surface area contributed by atoms with Crippen LogP contribution in [-0.4, -0.2) is 12.2 Å². The van der Waals surface area contributed by atoms with Crippen molar-refractivity contribution in [1.29, 1.82) is 0 Å². The minimum absolute atomic E-state index is 0.525. The van der Waals surface area contributed by atoms with Crippen molar-refractivity contribution in [3.8, 4) is 5.75 Å². The van der Waals surface area contributed by atoms with E-state index in [1.807, 2.05) is 48.5 Å². The second-order valence-corrected chi connectivity index (χ2v) is 5.25. The molecule has 0 amide bonds. The van der Waals surface area contributed by atoms with Gasteiger partial charge in [0.1, 0.15) is 5.75 Å². The summed E-state index contributed by atoms with van der Waals surface area (Å²) in [5, 5.41) is 11.3. The molecule has 2 nitrogen and oxygen atoms in total. The number of hydrogen-bond acceptors (Lipinski definition) is 2. The number of benzene rings is 2. The first-order valence-corrected chi connectivity index (χ1v) is 6.50. The molecule has 0 spiro atoms. The zero-order valence-electron chi connectivity index (χ0n) is 11.1. The van der Waals surface area contributed by atoms with Crippen molar-refractivity contribution in [3.05, 3.63) is 64.7 Å². The summed E-state index contributed by atoms with van der Waals surface area (Å²) in [5.74, 6) is 0.744. The van der Waals surface area contributed by atoms with Crippen LogP contribution in [0.4, 0.5) is 0 Å². The molecular formula is C16H17ClO2. The molecule has 1 N–H and O–H groups in total. The molecule has 0 fully saturated rings. The quantitative estimate of drug-likeness (QED) is 0.920. The van der Waals surface area contributed by atoms with Crippen molar-refractivity contribution in [2.24, 2.45) is 0 Å². The third-order valence-electron chi connectivity index (χ3n) is 3.15. The van der Waals surface area contributed by atoms with Crippen LogP contribution >= 0.6 is 11.6 Å². The van der Waals surface area contributed by atoms with Gasteiger partial charge < -0.3 is 9.84 Å². The first-order chi connectivity index (χ1) is 9.01. The molecule has 3 heteroatoms. The Morgan fingerprint density at radius 2 is 1.84 bits per heavy atom. The van der Waals surface area contributed by atoms with E-state index in [0.29, 0.717) is 11.4 Å². The van der Waals surface area contributed by atoms with Crippen LogP contribution in [-0.2, 0) is 12.0 Å². The first-order valence-electron chi connectivity index (χ1n) is 6.12. The SMILES string of the molecule is COc1cccc(C(C)(O)Cc2ccc(Cl)cc2)c1. The van der Waals surface area contributed by atoms with E-state index < -0.39 is 5.60 Å². The highest BCUT2D eigenvalue weighted by molar-refractivity contribution is 6.30. The summed E-state index contributed by atoms with van der Waals surface area (Å²) in [7, 11) is 1.62. The molecule has 0 aliphatic rings. The van der Waals surface area contributed by atoms with E-state index in [2.05, 4.69) is 0 Å². The van der Waals surface area contributed by atoms with Gasteiger partial charge in [0.2, 0.25) is 0 Å². The third-order valence-corrected chi connectivity index (χ3v) is 3.41. The lowest BCUT2D eigenvalue weighted by atomic mass is 9.89. The second-order valence-electron chi connectivity index (χ2n) is 4.81. The van der Waals surface area contributed by atoms with Crippen molar-refractivity contribution >= 4 is 11.6 Å². The topological polar surface area (TPSA) is 29.5 Å². The molecule has 0 radical (unpaired) electrons. The maximum Gasteiger partial charge on any atom is 0.119 e. The average molecular weight is 277 g/mol. The van der Waals surface area contributed by atoms with Gasteiger partial charge in [-0.1, -0.05) is 35.9 Å². The minimum Gasteiger partial charge on any atom is -0.497 e. The summed E-state index contributed by atoms with van der Waals surface area (Å²) in [6, 6.07) is 15.0. The number of aliphatic hydroxyl groups is 1. The number of methoxy groups -OCH3 is 1. The molecular weight excluding hydrogens is 260 g/mol. The van der Waals surface area contributed by atoms with E-state index in [1.165, 1.54) is 0 Å². The Balaban J connectivity index is 2.23. The highest BCUT2D eigenvalue weighted by atomic mass is 35.5. The molecule has 0 aliphatic carbocycles. The molecule has 100 valence electrons. The molecule has 0 bridgehead atoms. The summed E-state index contributed by atoms with van der Waals surface area (Å²) >= 11 is 5.86. The molecule has 0 saturated carbocycles. The summed E-state index contributed by atoms with van der Waals surface area (Å²) in [6.07, 6.45) is 0.525. The van der Waals surface area contributed by atoms with Crippen LogP contribution in [0.3, 0.4) is 0 Å². The minimum atomic E-state index is -0.942. The standard InChI is InChI=1S/C16H17ClO2/c1-16(18,11-12-6-8-14(17)9-7-12)13-4-3-5-15(10-13)19-2/h3-10,18H,11H2,1-2H3. The lowest BCUT2D eigenvalue weighted by Gasteiger charge is -2.24. The fraction of sp³-hybridized carbons (Fsp3) is 0.250. The molecule has 0 heterocycles. The Bertz CT molecular complexity index is 547. The predicted molar refractivity (Wildman–Crippen MR) is 77.7 cm³/mol. The normalized spacial score (nSPS) is 13.9. The number of hydrogen-bond donors (Lipinski definition) is 1. The van der Waals surface area contributed by atoms with Crippen LogP contribution in [0.2, 0.25) is 5.02 Å². The lowest BCUT2D eigenvalue weighted by Crippen LogP contribution is -2.24. The smallest absolute Gasteiger partial charge is 0.119 e. The van der Waals surface area contributed by atoms with Crippen molar-refractivity contribution in [2.75, 3.05) is 7.11 Å². The molecule has 2 aromatic rings. The van der Waals surface area contributed by atoms with Crippen LogP contribution < -0.4 is 4.74 Å². The highest BCUT2D eigenvalue weighted by Gasteiger charge is 2.23. The fourth-order valence-corrected chi connectivity index (χ4v) is 2.19. The van der Waals surface area contributed by atoms with Gasteiger partial charge in [0.15, 0.2) is 0 Å². The van der Waals surface area contributed by atoms with Gasteiger partial charge in [-0.15, -0.1) is 0 Å². The van der Waals surface area contributed by atoms with Gasteiger partial charge in [0.05, 0.1) is 12.7 Å². The third kappa shape index (κ3) is 3.49. The van der Waals surface area contributed by atoms with Gasteiger partial charge in [0, 0.05) is 11.4 Å². The Labute approximate surface area is 118 Å². The second kappa shape index (κ2) is 5.64. The van der Waals surface area contributed by atoms with E-state index >= 15 is 0 Å². The first kappa shape index (κ1) is 13.9. The van der Waals surface area contributed by atoms with Gasteiger partial charge in [-0.3, -0.25) is 0 Å². The van der Waals surface area contributed by atoms with Gasteiger partial charge in [-0.05, 0) is 42.3 Å². The van der Waals surface area contributed by atoms with E-state index in [-0.39, 0.29) is 0 Å².